The van der Waals surface area contributed by atoms with Gasteiger partial charge in [0.2, 0.25) is 0 Å². The van der Waals surface area contributed by atoms with E-state index in [9.17, 15) is 0 Å². The van der Waals surface area contributed by atoms with E-state index in [-0.39, 0.29) is 0 Å². The Hall–Kier alpha value is -0.190. The van der Waals surface area contributed by atoms with E-state index in [1.807, 2.05) is 0 Å². The Morgan fingerprint density at radius 1 is 1.43 bits per heavy atom. The van der Waals surface area contributed by atoms with Gasteiger partial charge >= 0.3 is 0 Å². The van der Waals surface area contributed by atoms with Crippen molar-refractivity contribution in [2.75, 3.05) is 18.1 Å². The van der Waals surface area contributed by atoms with Crippen LogP contribution in [0.25, 0.3) is 0 Å². The quantitative estimate of drug-likeness (QED) is 0.787. The van der Waals surface area contributed by atoms with Gasteiger partial charge in [-0.15, -0.1) is 0 Å². The van der Waals surface area contributed by atoms with E-state index in [0.717, 1.165) is 23.9 Å². The molecule has 1 fully saturated rings. The van der Waals surface area contributed by atoms with Crippen molar-refractivity contribution in [3.05, 3.63) is 16.9 Å². The first-order valence-electron chi connectivity index (χ1n) is 8.17. The van der Waals surface area contributed by atoms with Crippen LogP contribution in [0.1, 0.15) is 64.2 Å². The van der Waals surface area contributed by atoms with E-state index in [4.69, 9.17) is 11.6 Å². The monoisotopic (exact) mass is 329 g/mol. The molecule has 2 rings (SSSR count). The molecule has 1 aliphatic rings. The standard InChI is InChI=1S/C16H28ClN3S/c1-4-7-18-15(10-13-5-8-21-9-6-13)16-14(17)11-19-20(16)12(2)3/h11-13,15,18H,4-10H2,1-3H3. The molecule has 1 aromatic rings. The summed E-state index contributed by atoms with van der Waals surface area (Å²) in [7, 11) is 0. The van der Waals surface area contributed by atoms with Gasteiger partial charge in [0, 0.05) is 6.04 Å². The highest BCUT2D eigenvalue weighted by molar-refractivity contribution is 7.99. The lowest BCUT2D eigenvalue weighted by molar-refractivity contribution is 0.348. The molecule has 0 aliphatic carbocycles. The van der Waals surface area contributed by atoms with E-state index >= 15 is 0 Å². The summed E-state index contributed by atoms with van der Waals surface area (Å²) >= 11 is 8.54. The van der Waals surface area contributed by atoms with E-state index in [1.54, 1.807) is 6.20 Å². The molecule has 0 radical (unpaired) electrons. The Balaban J connectivity index is 2.16. The molecule has 120 valence electrons. The second kappa shape index (κ2) is 8.44. The first kappa shape index (κ1) is 17.2. The number of nitrogens with zero attached hydrogens (tertiary/aromatic N) is 2. The fourth-order valence-electron chi connectivity index (χ4n) is 3.01. The van der Waals surface area contributed by atoms with Crippen molar-refractivity contribution >= 4 is 23.4 Å². The third-order valence-electron chi connectivity index (χ3n) is 4.16. The van der Waals surface area contributed by atoms with Crippen molar-refractivity contribution in [3.63, 3.8) is 0 Å². The molecule has 0 amide bonds. The van der Waals surface area contributed by atoms with Gasteiger partial charge in [-0.05, 0) is 63.5 Å². The minimum atomic E-state index is 0.329. The van der Waals surface area contributed by atoms with Crippen LogP contribution in [-0.2, 0) is 0 Å². The van der Waals surface area contributed by atoms with Crippen LogP contribution in [0.2, 0.25) is 5.02 Å². The van der Waals surface area contributed by atoms with E-state index in [1.165, 1.54) is 36.5 Å². The molecule has 3 nitrogen and oxygen atoms in total. The fourth-order valence-corrected chi connectivity index (χ4v) is 4.48. The zero-order valence-electron chi connectivity index (χ0n) is 13.4. The van der Waals surface area contributed by atoms with Gasteiger partial charge in [-0.3, -0.25) is 4.68 Å². The number of nitrogens with one attached hydrogen (secondary N) is 1. The number of thioether (sulfide) groups is 1. The normalized spacial score (nSPS) is 18.3. The van der Waals surface area contributed by atoms with Gasteiger partial charge in [-0.25, -0.2) is 0 Å². The van der Waals surface area contributed by atoms with E-state index in [2.05, 4.69) is 47.6 Å². The second-order valence-corrected chi connectivity index (χ2v) is 7.85. The van der Waals surface area contributed by atoms with Crippen molar-refractivity contribution in [3.8, 4) is 0 Å². The third-order valence-corrected chi connectivity index (χ3v) is 5.50. The minimum Gasteiger partial charge on any atom is -0.309 e. The maximum absolute atomic E-state index is 6.45. The third kappa shape index (κ3) is 4.64. The smallest absolute Gasteiger partial charge is 0.0834 e. The summed E-state index contributed by atoms with van der Waals surface area (Å²) in [6, 6.07) is 0.677. The van der Waals surface area contributed by atoms with Crippen LogP contribution in [0.4, 0.5) is 0 Å². The van der Waals surface area contributed by atoms with Gasteiger partial charge in [0.15, 0.2) is 0 Å². The molecule has 21 heavy (non-hydrogen) atoms. The lowest BCUT2D eigenvalue weighted by atomic mass is 9.92. The number of rotatable bonds is 7. The fraction of sp³-hybridized carbons (Fsp3) is 0.812. The summed E-state index contributed by atoms with van der Waals surface area (Å²) in [5, 5.41) is 8.99. The molecular formula is C16H28ClN3S. The van der Waals surface area contributed by atoms with Gasteiger partial charge < -0.3 is 5.32 Å². The Morgan fingerprint density at radius 2 is 2.14 bits per heavy atom. The van der Waals surface area contributed by atoms with Crippen LogP contribution in [0.5, 0.6) is 0 Å². The predicted molar refractivity (Wildman–Crippen MR) is 93.3 cm³/mol. The lowest BCUT2D eigenvalue weighted by Gasteiger charge is -2.28. The molecule has 1 aliphatic heterocycles. The molecule has 0 spiro atoms. The van der Waals surface area contributed by atoms with Crippen LogP contribution < -0.4 is 5.32 Å². The van der Waals surface area contributed by atoms with Crippen molar-refractivity contribution in [2.45, 2.75) is 58.5 Å². The molecule has 0 bridgehead atoms. The van der Waals surface area contributed by atoms with Gasteiger partial charge in [0.25, 0.3) is 0 Å². The SMILES string of the molecule is CCCNC(CC1CCSCC1)c1c(Cl)cnn1C(C)C. The first-order valence-corrected chi connectivity index (χ1v) is 9.70. The zero-order chi connectivity index (χ0) is 15.2. The Labute approximate surface area is 138 Å². The van der Waals surface area contributed by atoms with Crippen molar-refractivity contribution in [1.82, 2.24) is 15.1 Å². The van der Waals surface area contributed by atoms with Gasteiger partial charge in [-0.1, -0.05) is 18.5 Å². The van der Waals surface area contributed by atoms with Gasteiger partial charge in [-0.2, -0.15) is 16.9 Å². The average Bonchev–Trinajstić information content (AvgIpc) is 2.86. The van der Waals surface area contributed by atoms with Crippen molar-refractivity contribution in [2.24, 2.45) is 5.92 Å². The van der Waals surface area contributed by atoms with Crippen LogP contribution in [0.15, 0.2) is 6.20 Å². The summed E-state index contributed by atoms with van der Waals surface area (Å²) in [4.78, 5) is 0. The van der Waals surface area contributed by atoms with Crippen LogP contribution in [0.3, 0.4) is 0 Å². The number of aromatic nitrogens is 2. The Bertz CT molecular complexity index is 427. The molecule has 5 heteroatoms. The first-order chi connectivity index (χ1) is 10.1. The zero-order valence-corrected chi connectivity index (χ0v) is 15.0. The van der Waals surface area contributed by atoms with Crippen molar-refractivity contribution < 1.29 is 0 Å². The largest absolute Gasteiger partial charge is 0.309 e. The van der Waals surface area contributed by atoms with Crippen molar-refractivity contribution in [1.29, 1.82) is 0 Å². The summed E-state index contributed by atoms with van der Waals surface area (Å²) in [5.74, 6) is 3.43. The molecule has 2 heterocycles. The molecule has 1 saturated heterocycles. The van der Waals surface area contributed by atoms with E-state index in [0.29, 0.717) is 12.1 Å². The number of halogens is 1. The Kier molecular flexibility index (Phi) is 6.90. The molecule has 0 aromatic carbocycles. The summed E-state index contributed by atoms with van der Waals surface area (Å²) in [6.07, 6.45) is 6.79. The molecular weight excluding hydrogens is 302 g/mol. The summed E-state index contributed by atoms with van der Waals surface area (Å²) in [6.45, 7) is 7.58. The second-order valence-electron chi connectivity index (χ2n) is 6.21. The van der Waals surface area contributed by atoms with Crippen LogP contribution in [-0.4, -0.2) is 27.8 Å². The maximum Gasteiger partial charge on any atom is 0.0834 e. The molecule has 1 unspecified atom stereocenters. The topological polar surface area (TPSA) is 29.9 Å². The lowest BCUT2D eigenvalue weighted by Crippen LogP contribution is -2.28. The van der Waals surface area contributed by atoms with Gasteiger partial charge in [0.1, 0.15) is 0 Å². The molecule has 1 atom stereocenters. The van der Waals surface area contributed by atoms with E-state index < -0.39 is 0 Å². The highest BCUT2D eigenvalue weighted by Gasteiger charge is 2.25. The minimum absolute atomic E-state index is 0.329. The van der Waals surface area contributed by atoms with Gasteiger partial charge in [0.05, 0.1) is 23.0 Å². The molecule has 1 N–H and O–H groups in total. The number of hydrogen-bond acceptors (Lipinski definition) is 3. The maximum atomic E-state index is 6.45. The highest BCUT2D eigenvalue weighted by Crippen LogP contribution is 2.34. The van der Waals surface area contributed by atoms with Crippen LogP contribution in [0, 0.1) is 5.92 Å². The van der Waals surface area contributed by atoms with Crippen LogP contribution >= 0.6 is 23.4 Å². The molecule has 0 saturated carbocycles. The number of hydrogen-bond donors (Lipinski definition) is 1. The predicted octanol–water partition coefficient (Wildman–Crippen LogP) is 4.69. The highest BCUT2D eigenvalue weighted by atomic mass is 35.5. The average molecular weight is 330 g/mol. The Morgan fingerprint density at radius 3 is 2.76 bits per heavy atom. The molecule has 1 aromatic heterocycles. The summed E-state index contributed by atoms with van der Waals surface area (Å²) < 4.78 is 2.09. The summed E-state index contributed by atoms with van der Waals surface area (Å²) in [5.41, 5.74) is 1.18.